The number of H-pyrrole nitrogens is 1. The third kappa shape index (κ3) is 2.53. The van der Waals surface area contributed by atoms with E-state index < -0.39 is 6.04 Å². The van der Waals surface area contributed by atoms with E-state index in [-0.39, 0.29) is 11.9 Å². The molecule has 0 aliphatic rings. The summed E-state index contributed by atoms with van der Waals surface area (Å²) in [6.07, 6.45) is 0. The van der Waals surface area contributed by atoms with E-state index in [9.17, 15) is 4.79 Å². The first-order chi connectivity index (χ1) is 8.95. The minimum Gasteiger partial charge on any atom is -0.467 e. The van der Waals surface area contributed by atoms with Gasteiger partial charge in [0.25, 0.3) is 0 Å². The zero-order valence-electron chi connectivity index (χ0n) is 10.9. The fraction of sp³-hybridized carbons (Fsp3) is 0.385. The summed E-state index contributed by atoms with van der Waals surface area (Å²) in [7, 11) is 1.38. The van der Waals surface area contributed by atoms with Crippen LogP contribution >= 0.6 is 23.8 Å². The number of halogens is 1. The van der Waals surface area contributed by atoms with E-state index in [2.05, 4.69) is 4.98 Å². The number of hydrogen-bond acceptors (Lipinski definition) is 3. The SMILES string of the molecule is COC(=O)C(C(C)C)n1c(=S)[nH]c2cc(Cl)ccc21. The molecule has 0 bridgehead atoms. The van der Waals surface area contributed by atoms with Gasteiger partial charge in [0.15, 0.2) is 4.77 Å². The standard InChI is InChI=1S/C13H15ClN2O2S/c1-7(2)11(12(17)18-3)16-10-5-4-8(14)6-9(10)15-13(16)19/h4-7,11H,1-3H3,(H,15,19). The van der Waals surface area contributed by atoms with Gasteiger partial charge in [0.05, 0.1) is 18.1 Å². The Morgan fingerprint density at radius 2 is 2.16 bits per heavy atom. The number of carbonyl (C=O) groups is 1. The number of carbonyl (C=O) groups excluding carboxylic acids is 1. The maximum atomic E-state index is 12.0. The second-order valence-electron chi connectivity index (χ2n) is 4.67. The molecule has 1 heterocycles. The first-order valence-electron chi connectivity index (χ1n) is 5.93. The van der Waals surface area contributed by atoms with Crippen molar-refractivity contribution in [3.8, 4) is 0 Å². The lowest BCUT2D eigenvalue weighted by molar-refractivity contribution is -0.145. The smallest absolute Gasteiger partial charge is 0.329 e. The lowest BCUT2D eigenvalue weighted by Crippen LogP contribution is -2.25. The van der Waals surface area contributed by atoms with E-state index in [0.29, 0.717) is 9.79 Å². The highest BCUT2D eigenvalue weighted by atomic mass is 35.5. The summed E-state index contributed by atoms with van der Waals surface area (Å²) in [6, 6.07) is 4.96. The molecular weight excluding hydrogens is 284 g/mol. The van der Waals surface area contributed by atoms with E-state index in [0.717, 1.165) is 11.0 Å². The van der Waals surface area contributed by atoms with E-state index in [1.165, 1.54) is 7.11 Å². The Hall–Kier alpha value is -1.33. The number of rotatable bonds is 3. The number of nitrogens with zero attached hydrogens (tertiary/aromatic N) is 1. The van der Waals surface area contributed by atoms with Crippen molar-refractivity contribution in [1.29, 1.82) is 0 Å². The average molecular weight is 299 g/mol. The molecule has 0 aliphatic carbocycles. The fourth-order valence-electron chi connectivity index (χ4n) is 2.18. The van der Waals surface area contributed by atoms with E-state index >= 15 is 0 Å². The van der Waals surface area contributed by atoms with Gasteiger partial charge in [0, 0.05) is 5.02 Å². The summed E-state index contributed by atoms with van der Waals surface area (Å²) in [5.41, 5.74) is 1.66. The molecule has 2 aromatic rings. The third-order valence-corrected chi connectivity index (χ3v) is 3.56. The Labute approximate surface area is 121 Å². The zero-order valence-corrected chi connectivity index (χ0v) is 12.5. The Morgan fingerprint density at radius 3 is 2.74 bits per heavy atom. The van der Waals surface area contributed by atoms with Crippen LogP contribution in [-0.4, -0.2) is 22.6 Å². The average Bonchev–Trinajstić information content (AvgIpc) is 2.65. The molecule has 1 aromatic heterocycles. The van der Waals surface area contributed by atoms with Crippen LogP contribution in [0.25, 0.3) is 11.0 Å². The van der Waals surface area contributed by atoms with Gasteiger partial charge in [-0.3, -0.25) is 0 Å². The van der Waals surface area contributed by atoms with Crippen molar-refractivity contribution in [3.63, 3.8) is 0 Å². The number of benzene rings is 1. The first-order valence-corrected chi connectivity index (χ1v) is 6.72. The number of methoxy groups -OCH3 is 1. The minimum absolute atomic E-state index is 0.0637. The Morgan fingerprint density at radius 1 is 1.47 bits per heavy atom. The fourth-order valence-corrected chi connectivity index (χ4v) is 2.67. The summed E-state index contributed by atoms with van der Waals surface area (Å²) in [5.74, 6) is -0.240. The molecular formula is C13H15ClN2O2S. The second kappa shape index (κ2) is 5.35. The van der Waals surface area contributed by atoms with Crippen LogP contribution in [0.1, 0.15) is 19.9 Å². The Kier molecular flexibility index (Phi) is 3.96. The highest BCUT2D eigenvalue weighted by Gasteiger charge is 2.27. The lowest BCUT2D eigenvalue weighted by atomic mass is 10.0. The number of fused-ring (bicyclic) bond motifs is 1. The predicted molar refractivity (Wildman–Crippen MR) is 78.0 cm³/mol. The van der Waals surface area contributed by atoms with Crippen LogP contribution in [0.2, 0.25) is 5.02 Å². The first kappa shape index (κ1) is 14.1. The molecule has 0 amide bonds. The van der Waals surface area contributed by atoms with Crippen molar-refractivity contribution < 1.29 is 9.53 Å². The van der Waals surface area contributed by atoms with Crippen LogP contribution in [-0.2, 0) is 9.53 Å². The lowest BCUT2D eigenvalue weighted by Gasteiger charge is -2.20. The summed E-state index contributed by atoms with van der Waals surface area (Å²) in [5, 5.41) is 0.620. The number of aromatic nitrogens is 2. The van der Waals surface area contributed by atoms with Crippen LogP contribution in [0.4, 0.5) is 0 Å². The summed E-state index contributed by atoms with van der Waals surface area (Å²) in [4.78, 5) is 15.1. The molecule has 0 fully saturated rings. The van der Waals surface area contributed by atoms with Crippen LogP contribution in [0.3, 0.4) is 0 Å². The normalized spacial score (nSPS) is 12.9. The summed E-state index contributed by atoms with van der Waals surface area (Å²) >= 11 is 11.3. The van der Waals surface area contributed by atoms with Crippen molar-refractivity contribution in [2.45, 2.75) is 19.9 Å². The number of aromatic amines is 1. The molecule has 1 unspecified atom stereocenters. The van der Waals surface area contributed by atoms with Crippen molar-refractivity contribution in [1.82, 2.24) is 9.55 Å². The summed E-state index contributed by atoms with van der Waals surface area (Å²) < 4.78 is 7.16. The number of nitrogens with one attached hydrogen (secondary N) is 1. The van der Waals surface area contributed by atoms with Gasteiger partial charge < -0.3 is 14.3 Å². The van der Waals surface area contributed by atoms with Gasteiger partial charge in [0.1, 0.15) is 6.04 Å². The van der Waals surface area contributed by atoms with Gasteiger partial charge in [-0.05, 0) is 36.3 Å². The number of hydrogen-bond donors (Lipinski definition) is 1. The number of esters is 1. The van der Waals surface area contributed by atoms with Crippen molar-refractivity contribution in [2.75, 3.05) is 7.11 Å². The molecule has 1 aromatic carbocycles. The van der Waals surface area contributed by atoms with Gasteiger partial charge in [0.2, 0.25) is 0 Å². The second-order valence-corrected chi connectivity index (χ2v) is 5.50. The molecule has 4 nitrogen and oxygen atoms in total. The predicted octanol–water partition coefficient (Wildman–Crippen LogP) is 3.72. The molecule has 1 atom stereocenters. The van der Waals surface area contributed by atoms with Crippen molar-refractivity contribution in [3.05, 3.63) is 28.0 Å². The summed E-state index contributed by atoms with van der Waals surface area (Å²) in [6.45, 7) is 3.91. The van der Waals surface area contributed by atoms with Crippen molar-refractivity contribution >= 4 is 40.8 Å². The monoisotopic (exact) mass is 298 g/mol. The molecule has 102 valence electrons. The molecule has 0 spiro atoms. The van der Waals surface area contributed by atoms with Crippen LogP contribution in [0, 0.1) is 10.7 Å². The molecule has 6 heteroatoms. The van der Waals surface area contributed by atoms with Gasteiger partial charge >= 0.3 is 5.97 Å². The van der Waals surface area contributed by atoms with Crippen LogP contribution in [0.15, 0.2) is 18.2 Å². The van der Waals surface area contributed by atoms with E-state index in [4.69, 9.17) is 28.6 Å². The van der Waals surface area contributed by atoms with Gasteiger partial charge in [-0.15, -0.1) is 0 Å². The van der Waals surface area contributed by atoms with E-state index in [1.807, 2.05) is 19.9 Å². The Balaban J connectivity index is 2.69. The molecule has 0 saturated heterocycles. The quantitative estimate of drug-likeness (QED) is 0.694. The molecule has 0 radical (unpaired) electrons. The van der Waals surface area contributed by atoms with Gasteiger partial charge in [-0.1, -0.05) is 25.4 Å². The highest BCUT2D eigenvalue weighted by Crippen LogP contribution is 2.27. The molecule has 2 rings (SSSR count). The van der Waals surface area contributed by atoms with Crippen LogP contribution in [0.5, 0.6) is 0 Å². The highest BCUT2D eigenvalue weighted by molar-refractivity contribution is 7.71. The molecule has 0 aliphatic heterocycles. The largest absolute Gasteiger partial charge is 0.467 e. The molecule has 0 saturated carbocycles. The van der Waals surface area contributed by atoms with Gasteiger partial charge in [-0.2, -0.15) is 0 Å². The zero-order chi connectivity index (χ0) is 14.2. The maximum absolute atomic E-state index is 12.0. The number of imidazole rings is 1. The molecule has 1 N–H and O–H groups in total. The maximum Gasteiger partial charge on any atom is 0.329 e. The van der Waals surface area contributed by atoms with E-state index in [1.54, 1.807) is 16.7 Å². The third-order valence-electron chi connectivity index (χ3n) is 3.03. The Bertz CT molecular complexity index is 675. The topological polar surface area (TPSA) is 47.0 Å². The van der Waals surface area contributed by atoms with Gasteiger partial charge in [-0.25, -0.2) is 4.79 Å². The number of ether oxygens (including phenoxy) is 1. The van der Waals surface area contributed by atoms with Crippen LogP contribution < -0.4 is 0 Å². The van der Waals surface area contributed by atoms with Crippen molar-refractivity contribution in [2.24, 2.45) is 5.92 Å². The minimum atomic E-state index is -0.451. The molecule has 19 heavy (non-hydrogen) atoms.